The van der Waals surface area contributed by atoms with Gasteiger partial charge in [-0.25, -0.2) is 8.42 Å². The number of benzene rings is 2. The zero-order chi connectivity index (χ0) is 20.6. The standard InChI is InChI=1S/C22H25ClN2O3S/c1-16-14-17-8-4-5-9-21(17)25(16)22(26)19-15-18(10-11-20(19)23)29(27,28)24-12-6-2-3-7-13-24/h4-5,8-11,15-16H,2-3,6-7,12-14H2,1H3/t16-/m1/s1. The third kappa shape index (κ3) is 3.81. The van der Waals surface area contributed by atoms with Crippen molar-refractivity contribution >= 4 is 33.2 Å². The first kappa shape index (κ1) is 20.4. The molecule has 0 radical (unpaired) electrons. The van der Waals surface area contributed by atoms with Gasteiger partial charge in [0, 0.05) is 24.8 Å². The van der Waals surface area contributed by atoms with Crippen molar-refractivity contribution in [2.45, 2.75) is 50.0 Å². The van der Waals surface area contributed by atoms with E-state index in [-0.39, 0.29) is 27.4 Å². The number of hydrogen-bond acceptors (Lipinski definition) is 3. The summed E-state index contributed by atoms with van der Waals surface area (Å²) in [5.74, 6) is -0.264. The third-order valence-electron chi connectivity index (χ3n) is 5.80. The van der Waals surface area contributed by atoms with Gasteiger partial charge < -0.3 is 4.90 Å². The van der Waals surface area contributed by atoms with Crippen molar-refractivity contribution in [2.75, 3.05) is 18.0 Å². The number of hydrogen-bond donors (Lipinski definition) is 0. The number of sulfonamides is 1. The van der Waals surface area contributed by atoms with Gasteiger partial charge in [-0.1, -0.05) is 42.6 Å². The zero-order valence-electron chi connectivity index (χ0n) is 16.5. The predicted molar refractivity (Wildman–Crippen MR) is 115 cm³/mol. The molecule has 1 fully saturated rings. The molecule has 0 bridgehead atoms. The minimum atomic E-state index is -3.65. The normalized spacial score (nSPS) is 20.3. The Morgan fingerprint density at radius 2 is 1.72 bits per heavy atom. The number of nitrogens with zero attached hydrogens (tertiary/aromatic N) is 2. The molecule has 0 spiro atoms. The molecule has 5 nitrogen and oxygen atoms in total. The second-order valence-electron chi connectivity index (χ2n) is 7.82. The maximum atomic E-state index is 13.4. The van der Waals surface area contributed by atoms with E-state index in [9.17, 15) is 13.2 Å². The number of carbonyl (C=O) groups is 1. The molecule has 0 unspecified atom stereocenters. The molecule has 2 aromatic carbocycles. The van der Waals surface area contributed by atoms with E-state index < -0.39 is 10.0 Å². The SMILES string of the molecule is C[C@@H]1Cc2ccccc2N1C(=O)c1cc(S(=O)(=O)N2CCCCCC2)ccc1Cl. The van der Waals surface area contributed by atoms with E-state index >= 15 is 0 Å². The summed E-state index contributed by atoms with van der Waals surface area (Å²) in [7, 11) is -3.65. The molecular weight excluding hydrogens is 408 g/mol. The van der Waals surface area contributed by atoms with Crippen LogP contribution in [0.15, 0.2) is 47.4 Å². The molecule has 154 valence electrons. The second kappa shape index (κ2) is 8.09. The van der Waals surface area contributed by atoms with E-state index in [2.05, 4.69) is 0 Å². The van der Waals surface area contributed by atoms with Gasteiger partial charge in [-0.2, -0.15) is 4.31 Å². The quantitative estimate of drug-likeness (QED) is 0.717. The molecule has 7 heteroatoms. The number of fused-ring (bicyclic) bond motifs is 1. The molecule has 2 heterocycles. The minimum absolute atomic E-state index is 0.0122. The monoisotopic (exact) mass is 432 g/mol. The van der Waals surface area contributed by atoms with E-state index in [1.54, 1.807) is 4.90 Å². The van der Waals surface area contributed by atoms with Crippen LogP contribution in [0, 0.1) is 0 Å². The van der Waals surface area contributed by atoms with Crippen molar-refractivity contribution < 1.29 is 13.2 Å². The molecule has 1 saturated heterocycles. The summed E-state index contributed by atoms with van der Waals surface area (Å²) in [6.45, 7) is 3.03. The largest absolute Gasteiger partial charge is 0.305 e. The lowest BCUT2D eigenvalue weighted by Gasteiger charge is -2.24. The fraction of sp³-hybridized carbons (Fsp3) is 0.409. The fourth-order valence-electron chi connectivity index (χ4n) is 4.26. The van der Waals surface area contributed by atoms with Crippen molar-refractivity contribution in [3.63, 3.8) is 0 Å². The Balaban J connectivity index is 1.70. The smallest absolute Gasteiger partial charge is 0.260 e. The molecule has 2 aliphatic heterocycles. The van der Waals surface area contributed by atoms with Crippen LogP contribution < -0.4 is 4.90 Å². The van der Waals surface area contributed by atoms with Crippen molar-refractivity contribution in [1.82, 2.24) is 4.31 Å². The predicted octanol–water partition coefficient (Wildman–Crippen LogP) is 4.50. The fourth-order valence-corrected chi connectivity index (χ4v) is 6.01. The van der Waals surface area contributed by atoms with Gasteiger partial charge in [-0.3, -0.25) is 4.79 Å². The summed E-state index contributed by atoms with van der Waals surface area (Å²) in [4.78, 5) is 15.2. The Labute approximate surface area is 177 Å². The van der Waals surface area contributed by atoms with Crippen LogP contribution >= 0.6 is 11.6 Å². The molecule has 0 aliphatic carbocycles. The van der Waals surface area contributed by atoms with Gasteiger partial charge in [0.15, 0.2) is 0 Å². The number of carbonyl (C=O) groups excluding carboxylic acids is 1. The first-order valence-electron chi connectivity index (χ1n) is 10.1. The number of halogens is 1. The summed E-state index contributed by atoms with van der Waals surface area (Å²) >= 11 is 6.35. The highest BCUT2D eigenvalue weighted by molar-refractivity contribution is 7.89. The average molecular weight is 433 g/mol. The Hall–Kier alpha value is -1.89. The first-order chi connectivity index (χ1) is 13.9. The van der Waals surface area contributed by atoms with Crippen molar-refractivity contribution in [2.24, 2.45) is 0 Å². The summed E-state index contributed by atoms with van der Waals surface area (Å²) in [5, 5.41) is 0.265. The number of rotatable bonds is 3. The van der Waals surface area contributed by atoms with Gasteiger partial charge in [0.1, 0.15) is 0 Å². The van der Waals surface area contributed by atoms with Gasteiger partial charge in [-0.15, -0.1) is 0 Å². The van der Waals surface area contributed by atoms with Crippen LogP contribution in [0.1, 0.15) is 48.5 Å². The Morgan fingerprint density at radius 3 is 2.45 bits per heavy atom. The van der Waals surface area contributed by atoms with Crippen molar-refractivity contribution in [3.05, 3.63) is 58.6 Å². The van der Waals surface area contributed by atoms with E-state index in [1.807, 2.05) is 31.2 Å². The number of anilines is 1. The highest BCUT2D eigenvalue weighted by atomic mass is 35.5. The molecule has 29 heavy (non-hydrogen) atoms. The lowest BCUT2D eigenvalue weighted by molar-refractivity contribution is 0.0981. The lowest BCUT2D eigenvalue weighted by Crippen LogP contribution is -2.36. The van der Waals surface area contributed by atoms with Crippen molar-refractivity contribution in [3.8, 4) is 0 Å². The summed E-state index contributed by atoms with van der Waals surface area (Å²) in [5.41, 5.74) is 2.20. The highest BCUT2D eigenvalue weighted by Gasteiger charge is 2.33. The Morgan fingerprint density at radius 1 is 1.03 bits per heavy atom. The maximum Gasteiger partial charge on any atom is 0.260 e. The highest BCUT2D eigenvalue weighted by Crippen LogP contribution is 2.35. The third-order valence-corrected chi connectivity index (χ3v) is 8.02. The van der Waals surface area contributed by atoms with Crippen LogP contribution in [0.25, 0.3) is 0 Å². The molecule has 0 N–H and O–H groups in total. The molecule has 0 saturated carbocycles. The summed E-state index contributed by atoms with van der Waals surface area (Å²) in [6.07, 6.45) is 4.58. The molecule has 2 aromatic rings. The Kier molecular flexibility index (Phi) is 5.69. The van der Waals surface area contributed by atoms with E-state index in [4.69, 9.17) is 11.6 Å². The minimum Gasteiger partial charge on any atom is -0.305 e. The van der Waals surface area contributed by atoms with Crippen LogP contribution in [0.4, 0.5) is 5.69 Å². The summed E-state index contributed by atoms with van der Waals surface area (Å²) in [6, 6.07) is 12.2. The van der Waals surface area contributed by atoms with Crippen LogP contribution in [0.2, 0.25) is 5.02 Å². The van der Waals surface area contributed by atoms with Gasteiger partial charge in [0.2, 0.25) is 10.0 Å². The molecule has 1 amide bonds. The van der Waals surface area contributed by atoms with Crippen LogP contribution in [0.3, 0.4) is 0 Å². The first-order valence-corrected chi connectivity index (χ1v) is 11.9. The zero-order valence-corrected chi connectivity index (χ0v) is 18.0. The summed E-state index contributed by atoms with van der Waals surface area (Å²) < 4.78 is 27.9. The van der Waals surface area contributed by atoms with Gasteiger partial charge >= 0.3 is 0 Å². The molecular formula is C22H25ClN2O3S. The molecule has 1 atom stereocenters. The molecule has 0 aromatic heterocycles. The van der Waals surface area contributed by atoms with Crippen molar-refractivity contribution in [1.29, 1.82) is 0 Å². The van der Waals surface area contributed by atoms with Crippen LogP contribution in [-0.2, 0) is 16.4 Å². The maximum absolute atomic E-state index is 13.4. The van der Waals surface area contributed by atoms with Crippen LogP contribution in [0.5, 0.6) is 0 Å². The number of amides is 1. The van der Waals surface area contributed by atoms with Crippen LogP contribution in [-0.4, -0.2) is 37.8 Å². The van der Waals surface area contributed by atoms with Gasteiger partial charge in [-0.05, 0) is 56.0 Å². The average Bonchev–Trinajstić information content (AvgIpc) is 2.86. The van der Waals surface area contributed by atoms with E-state index in [0.29, 0.717) is 13.1 Å². The van der Waals surface area contributed by atoms with Gasteiger partial charge in [0.25, 0.3) is 5.91 Å². The Bertz CT molecular complexity index is 1030. The van der Waals surface area contributed by atoms with E-state index in [0.717, 1.165) is 43.4 Å². The second-order valence-corrected chi connectivity index (χ2v) is 10.2. The molecule has 2 aliphatic rings. The van der Waals surface area contributed by atoms with Gasteiger partial charge in [0.05, 0.1) is 15.5 Å². The molecule has 4 rings (SSSR count). The number of para-hydroxylation sites is 1. The topological polar surface area (TPSA) is 57.7 Å². The lowest BCUT2D eigenvalue weighted by atomic mass is 10.1. The van der Waals surface area contributed by atoms with E-state index in [1.165, 1.54) is 22.5 Å².